The highest BCUT2D eigenvalue weighted by molar-refractivity contribution is 4.81. The molecule has 0 aliphatic heterocycles. The van der Waals surface area contributed by atoms with Crippen LogP contribution in [-0.4, -0.2) is 0 Å². The summed E-state index contributed by atoms with van der Waals surface area (Å²) in [5.41, 5.74) is 0. The van der Waals surface area contributed by atoms with Crippen LogP contribution in [0.5, 0.6) is 0 Å². The van der Waals surface area contributed by atoms with Crippen LogP contribution < -0.4 is 0 Å². The largest absolute Gasteiger partial charge is 0.0885 e. The summed E-state index contributed by atoms with van der Waals surface area (Å²) in [5.74, 6) is 0.895. The van der Waals surface area contributed by atoms with Gasteiger partial charge in [-0.3, -0.25) is 0 Å². The van der Waals surface area contributed by atoms with Crippen LogP contribution in [0.2, 0.25) is 0 Å². The molecule has 0 aromatic rings. The first-order valence-corrected chi connectivity index (χ1v) is 11.3. The molecule has 0 aromatic carbocycles. The summed E-state index contributed by atoms with van der Waals surface area (Å²) >= 11 is 0. The average molecular weight is 336 g/mol. The molecule has 0 aliphatic rings. The first-order valence-electron chi connectivity index (χ1n) is 11.3. The fourth-order valence-electron chi connectivity index (χ4n) is 3.52. The van der Waals surface area contributed by atoms with Crippen LogP contribution >= 0.6 is 0 Å². The number of allylic oxidation sites excluding steroid dienone is 2. The van der Waals surface area contributed by atoms with E-state index in [4.69, 9.17) is 0 Å². The van der Waals surface area contributed by atoms with Crippen molar-refractivity contribution in [1.82, 2.24) is 0 Å². The molecule has 0 aromatic heterocycles. The van der Waals surface area contributed by atoms with E-state index in [1.165, 1.54) is 109 Å². The number of hydrogen-bond acceptors (Lipinski definition) is 0. The average Bonchev–Trinajstić information content (AvgIpc) is 2.60. The monoisotopic (exact) mass is 335 g/mol. The van der Waals surface area contributed by atoms with Crippen LogP contribution in [0.4, 0.5) is 0 Å². The van der Waals surface area contributed by atoms with Crippen molar-refractivity contribution in [2.45, 2.75) is 129 Å². The Labute approximate surface area is 154 Å². The van der Waals surface area contributed by atoms with E-state index in [9.17, 15) is 0 Å². The highest BCUT2D eigenvalue weighted by Crippen LogP contribution is 2.19. The molecule has 0 saturated carbocycles. The lowest BCUT2D eigenvalue weighted by atomic mass is 9.94. The summed E-state index contributed by atoms with van der Waals surface area (Å²) in [6.07, 6.45) is 29.8. The maximum absolute atomic E-state index is 4.09. The zero-order valence-electron chi connectivity index (χ0n) is 17.2. The molecule has 143 valence electrons. The van der Waals surface area contributed by atoms with Gasteiger partial charge in [-0.25, -0.2) is 0 Å². The molecule has 0 saturated heterocycles. The molecule has 0 rings (SSSR count). The van der Waals surface area contributed by atoms with Crippen molar-refractivity contribution in [3.63, 3.8) is 0 Å². The SMILES string of the molecule is [CH2]CC(CCC)CCCCCCCC/C=C\CCCCCCCC. The summed E-state index contributed by atoms with van der Waals surface area (Å²) in [6.45, 7) is 8.67. The first-order chi connectivity index (χ1) is 11.8. The molecule has 1 unspecified atom stereocenters. The predicted octanol–water partition coefficient (Wildman–Crippen LogP) is 9.05. The van der Waals surface area contributed by atoms with Gasteiger partial charge in [-0.2, -0.15) is 0 Å². The van der Waals surface area contributed by atoms with E-state index in [2.05, 4.69) is 32.9 Å². The minimum Gasteiger partial charge on any atom is -0.0885 e. The Hall–Kier alpha value is -0.260. The number of rotatable bonds is 19. The van der Waals surface area contributed by atoms with Gasteiger partial charge in [0.25, 0.3) is 0 Å². The summed E-state index contributed by atoms with van der Waals surface area (Å²) in [4.78, 5) is 0. The van der Waals surface area contributed by atoms with Crippen molar-refractivity contribution in [2.24, 2.45) is 5.92 Å². The second-order valence-electron chi connectivity index (χ2n) is 7.67. The van der Waals surface area contributed by atoms with Gasteiger partial charge in [0, 0.05) is 0 Å². The van der Waals surface area contributed by atoms with Gasteiger partial charge in [0.2, 0.25) is 0 Å². The maximum Gasteiger partial charge on any atom is -0.0351 e. The smallest absolute Gasteiger partial charge is 0.0351 e. The lowest BCUT2D eigenvalue weighted by Gasteiger charge is -2.12. The van der Waals surface area contributed by atoms with Crippen LogP contribution in [0.3, 0.4) is 0 Å². The minimum absolute atomic E-state index is 0.895. The second kappa shape index (κ2) is 20.8. The molecule has 0 bridgehead atoms. The fraction of sp³-hybridized carbons (Fsp3) is 0.875. The molecule has 0 amide bonds. The molecule has 0 spiro atoms. The zero-order chi connectivity index (χ0) is 17.7. The molecule has 24 heavy (non-hydrogen) atoms. The van der Waals surface area contributed by atoms with Crippen molar-refractivity contribution < 1.29 is 0 Å². The Kier molecular flexibility index (Phi) is 20.6. The summed E-state index contributed by atoms with van der Waals surface area (Å²) < 4.78 is 0. The zero-order valence-corrected chi connectivity index (χ0v) is 17.2. The maximum atomic E-state index is 4.09. The van der Waals surface area contributed by atoms with Gasteiger partial charge in [-0.05, 0) is 31.6 Å². The lowest BCUT2D eigenvalue weighted by Crippen LogP contribution is -1.98. The third kappa shape index (κ3) is 18.1. The molecule has 0 N–H and O–H groups in total. The Morgan fingerprint density at radius 1 is 0.583 bits per heavy atom. The van der Waals surface area contributed by atoms with E-state index < -0.39 is 0 Å². The van der Waals surface area contributed by atoms with Gasteiger partial charge in [0.15, 0.2) is 0 Å². The van der Waals surface area contributed by atoms with Crippen LogP contribution in [-0.2, 0) is 0 Å². The van der Waals surface area contributed by atoms with Gasteiger partial charge in [0.1, 0.15) is 0 Å². The minimum atomic E-state index is 0.895. The van der Waals surface area contributed by atoms with Crippen LogP contribution in [0, 0.1) is 12.8 Å². The van der Waals surface area contributed by atoms with Crippen molar-refractivity contribution in [3.05, 3.63) is 19.1 Å². The van der Waals surface area contributed by atoms with Crippen LogP contribution in [0.1, 0.15) is 129 Å². The van der Waals surface area contributed by atoms with Gasteiger partial charge < -0.3 is 0 Å². The van der Waals surface area contributed by atoms with Crippen LogP contribution in [0.15, 0.2) is 12.2 Å². The standard InChI is InChI=1S/C24H47/c1-4-7-8-9-10-11-12-13-14-15-16-17-18-19-20-21-23-24(6-3)22-5-2/h13-14,24H,3-12,15-23H2,1-2H3/b14-13-. The molecular weight excluding hydrogens is 288 g/mol. The van der Waals surface area contributed by atoms with Gasteiger partial charge in [-0.1, -0.05) is 123 Å². The van der Waals surface area contributed by atoms with E-state index in [-0.39, 0.29) is 0 Å². The Balaban J connectivity index is 3.17. The van der Waals surface area contributed by atoms with Crippen LogP contribution in [0.25, 0.3) is 0 Å². The molecular formula is C24H47. The van der Waals surface area contributed by atoms with E-state index in [0.29, 0.717) is 0 Å². The number of unbranched alkanes of at least 4 members (excludes halogenated alkanes) is 12. The second-order valence-corrected chi connectivity index (χ2v) is 7.67. The van der Waals surface area contributed by atoms with E-state index in [1.54, 1.807) is 0 Å². The molecule has 1 atom stereocenters. The van der Waals surface area contributed by atoms with E-state index in [1.807, 2.05) is 0 Å². The normalized spacial score (nSPS) is 13.0. The predicted molar refractivity (Wildman–Crippen MR) is 112 cm³/mol. The molecule has 0 fully saturated rings. The lowest BCUT2D eigenvalue weighted by molar-refractivity contribution is 0.421. The first kappa shape index (κ1) is 23.7. The summed E-state index contributed by atoms with van der Waals surface area (Å²) in [7, 11) is 0. The van der Waals surface area contributed by atoms with Crippen molar-refractivity contribution in [1.29, 1.82) is 0 Å². The van der Waals surface area contributed by atoms with Crippen molar-refractivity contribution in [3.8, 4) is 0 Å². The highest BCUT2D eigenvalue weighted by Gasteiger charge is 2.04. The van der Waals surface area contributed by atoms with Gasteiger partial charge in [0.05, 0.1) is 0 Å². The molecule has 0 nitrogen and oxygen atoms in total. The Morgan fingerprint density at radius 3 is 1.58 bits per heavy atom. The Bertz CT molecular complexity index is 240. The van der Waals surface area contributed by atoms with Crippen molar-refractivity contribution in [2.75, 3.05) is 0 Å². The van der Waals surface area contributed by atoms with Gasteiger partial charge >= 0.3 is 0 Å². The topological polar surface area (TPSA) is 0 Å². The fourth-order valence-corrected chi connectivity index (χ4v) is 3.52. The number of hydrogen-bond donors (Lipinski definition) is 0. The van der Waals surface area contributed by atoms with E-state index in [0.717, 1.165) is 12.3 Å². The molecule has 0 heterocycles. The third-order valence-electron chi connectivity index (χ3n) is 5.23. The van der Waals surface area contributed by atoms with Crippen molar-refractivity contribution >= 4 is 0 Å². The Morgan fingerprint density at radius 2 is 1.08 bits per heavy atom. The molecule has 0 heteroatoms. The highest BCUT2D eigenvalue weighted by atomic mass is 14.1. The quantitative estimate of drug-likeness (QED) is 0.163. The molecule has 1 radical (unpaired) electrons. The summed E-state index contributed by atoms with van der Waals surface area (Å²) in [6, 6.07) is 0. The summed E-state index contributed by atoms with van der Waals surface area (Å²) in [5, 5.41) is 0. The van der Waals surface area contributed by atoms with Gasteiger partial charge in [-0.15, -0.1) is 0 Å². The molecule has 0 aliphatic carbocycles. The van der Waals surface area contributed by atoms with E-state index >= 15 is 0 Å². The third-order valence-corrected chi connectivity index (χ3v) is 5.23.